The predicted molar refractivity (Wildman–Crippen MR) is 95.8 cm³/mol. The second kappa shape index (κ2) is 8.13. The molecular formula is C18H22N2O4S. The molecule has 0 aliphatic carbocycles. The van der Waals surface area contributed by atoms with E-state index in [1.165, 1.54) is 19.2 Å². The number of sulfonamides is 1. The normalized spacial score (nSPS) is 12.4. The van der Waals surface area contributed by atoms with E-state index in [0.29, 0.717) is 12.3 Å². The monoisotopic (exact) mass is 362 g/mol. The highest BCUT2D eigenvalue weighted by atomic mass is 32.2. The second-order valence-electron chi connectivity index (χ2n) is 5.65. The van der Waals surface area contributed by atoms with Crippen molar-refractivity contribution in [3.8, 4) is 5.75 Å². The molecule has 0 saturated carbocycles. The van der Waals surface area contributed by atoms with E-state index in [9.17, 15) is 13.2 Å². The third kappa shape index (κ3) is 5.30. The number of nitrogens with one attached hydrogen (secondary N) is 2. The van der Waals surface area contributed by atoms with Crippen molar-refractivity contribution >= 4 is 15.9 Å². The zero-order chi connectivity index (χ0) is 18.4. The van der Waals surface area contributed by atoms with E-state index in [1.807, 2.05) is 25.1 Å². The Hall–Kier alpha value is -2.38. The number of hydrogen-bond donors (Lipinski definition) is 2. The minimum Gasteiger partial charge on any atom is -0.481 e. The number of benzene rings is 2. The molecule has 0 bridgehead atoms. The van der Waals surface area contributed by atoms with Gasteiger partial charge >= 0.3 is 0 Å². The van der Waals surface area contributed by atoms with Gasteiger partial charge in [0.2, 0.25) is 10.0 Å². The lowest BCUT2D eigenvalue weighted by atomic mass is 10.2. The molecule has 2 aromatic carbocycles. The molecular weight excluding hydrogens is 340 g/mol. The smallest absolute Gasteiger partial charge is 0.261 e. The van der Waals surface area contributed by atoms with Gasteiger partial charge in [0.05, 0.1) is 4.90 Å². The molecule has 2 N–H and O–H groups in total. The van der Waals surface area contributed by atoms with Gasteiger partial charge in [0.25, 0.3) is 5.91 Å². The summed E-state index contributed by atoms with van der Waals surface area (Å²) < 4.78 is 31.2. The van der Waals surface area contributed by atoms with Crippen molar-refractivity contribution in [1.82, 2.24) is 10.0 Å². The van der Waals surface area contributed by atoms with Crippen molar-refractivity contribution in [3.63, 3.8) is 0 Å². The van der Waals surface area contributed by atoms with Gasteiger partial charge in [-0.05, 0) is 56.3 Å². The fourth-order valence-corrected chi connectivity index (χ4v) is 2.91. The van der Waals surface area contributed by atoms with Crippen molar-refractivity contribution in [3.05, 3.63) is 59.7 Å². The third-order valence-corrected chi connectivity index (χ3v) is 5.07. The van der Waals surface area contributed by atoms with E-state index in [4.69, 9.17) is 4.74 Å². The van der Waals surface area contributed by atoms with Crippen LogP contribution in [-0.4, -0.2) is 27.5 Å². The van der Waals surface area contributed by atoms with E-state index in [0.717, 1.165) is 11.1 Å². The Morgan fingerprint density at radius 2 is 1.84 bits per heavy atom. The number of rotatable bonds is 7. The fraction of sp³-hybridized carbons (Fsp3) is 0.278. The Morgan fingerprint density at radius 3 is 2.44 bits per heavy atom. The van der Waals surface area contributed by atoms with Crippen molar-refractivity contribution in [1.29, 1.82) is 0 Å². The number of carbonyl (C=O) groups is 1. The summed E-state index contributed by atoms with van der Waals surface area (Å²) in [5, 5.41) is 2.78. The molecule has 0 aliphatic rings. The number of aryl methyl sites for hydroxylation is 1. The SMILES string of the molecule is CNS(=O)(=O)c1ccc(CNC(=O)C(C)Oc2cccc(C)c2)cc1. The first-order valence-corrected chi connectivity index (χ1v) is 9.33. The maximum Gasteiger partial charge on any atom is 0.261 e. The average molecular weight is 362 g/mol. The van der Waals surface area contributed by atoms with Crippen LogP contribution in [0.15, 0.2) is 53.4 Å². The molecule has 2 rings (SSSR count). The predicted octanol–water partition coefficient (Wildman–Crippen LogP) is 1.99. The summed E-state index contributed by atoms with van der Waals surface area (Å²) >= 11 is 0. The van der Waals surface area contributed by atoms with Gasteiger partial charge in [-0.2, -0.15) is 0 Å². The van der Waals surface area contributed by atoms with Crippen LogP contribution in [0.2, 0.25) is 0 Å². The average Bonchev–Trinajstić information content (AvgIpc) is 2.60. The number of hydrogen-bond acceptors (Lipinski definition) is 4. The molecule has 1 atom stereocenters. The standard InChI is InChI=1S/C18H22N2O4S/c1-13-5-4-6-16(11-13)24-14(2)18(21)20-12-15-7-9-17(10-8-15)25(22,23)19-3/h4-11,14,19H,12H2,1-3H3,(H,20,21). The zero-order valence-electron chi connectivity index (χ0n) is 14.4. The van der Waals surface area contributed by atoms with Crippen LogP contribution >= 0.6 is 0 Å². The molecule has 134 valence electrons. The summed E-state index contributed by atoms with van der Waals surface area (Å²) in [5.74, 6) is 0.401. The highest BCUT2D eigenvalue weighted by Crippen LogP contribution is 2.14. The van der Waals surface area contributed by atoms with Gasteiger partial charge in [0.1, 0.15) is 5.75 Å². The van der Waals surface area contributed by atoms with E-state index in [1.54, 1.807) is 25.1 Å². The highest BCUT2D eigenvalue weighted by Gasteiger charge is 2.15. The summed E-state index contributed by atoms with van der Waals surface area (Å²) in [6.07, 6.45) is -0.634. The minimum absolute atomic E-state index is 0.182. The number of carbonyl (C=O) groups excluding carboxylic acids is 1. The van der Waals surface area contributed by atoms with Crippen molar-refractivity contribution in [2.45, 2.75) is 31.4 Å². The van der Waals surface area contributed by atoms with Crippen molar-refractivity contribution in [2.24, 2.45) is 0 Å². The van der Waals surface area contributed by atoms with Crippen LogP contribution in [-0.2, 0) is 21.4 Å². The van der Waals surface area contributed by atoms with Crippen LogP contribution in [0, 0.1) is 6.92 Å². The molecule has 0 heterocycles. The Balaban J connectivity index is 1.91. The third-order valence-electron chi connectivity index (χ3n) is 3.64. The first-order chi connectivity index (χ1) is 11.8. The van der Waals surface area contributed by atoms with Gasteiger partial charge in [-0.25, -0.2) is 13.1 Å². The quantitative estimate of drug-likeness (QED) is 0.789. The highest BCUT2D eigenvalue weighted by molar-refractivity contribution is 7.89. The lowest BCUT2D eigenvalue weighted by Gasteiger charge is -2.15. The molecule has 25 heavy (non-hydrogen) atoms. The summed E-state index contributed by atoms with van der Waals surface area (Å²) in [4.78, 5) is 12.3. The van der Waals surface area contributed by atoms with Gasteiger partial charge in [0.15, 0.2) is 6.10 Å². The van der Waals surface area contributed by atoms with E-state index < -0.39 is 16.1 Å². The molecule has 1 unspecified atom stereocenters. The summed E-state index contributed by atoms with van der Waals surface area (Å²) in [5.41, 5.74) is 1.85. The van der Waals surface area contributed by atoms with E-state index in [-0.39, 0.29) is 10.8 Å². The lowest BCUT2D eigenvalue weighted by molar-refractivity contribution is -0.127. The van der Waals surface area contributed by atoms with Crippen LogP contribution in [0.3, 0.4) is 0 Å². The first-order valence-electron chi connectivity index (χ1n) is 7.85. The fourth-order valence-electron chi connectivity index (χ4n) is 2.18. The summed E-state index contributed by atoms with van der Waals surface area (Å²) in [7, 11) is -2.09. The second-order valence-corrected chi connectivity index (χ2v) is 7.53. The maximum atomic E-state index is 12.1. The molecule has 0 saturated heterocycles. The Bertz CT molecular complexity index is 832. The number of amides is 1. The molecule has 0 aliphatic heterocycles. The molecule has 0 aromatic heterocycles. The summed E-state index contributed by atoms with van der Waals surface area (Å²) in [6, 6.07) is 13.8. The van der Waals surface area contributed by atoms with Crippen LogP contribution in [0.4, 0.5) is 0 Å². The first kappa shape index (κ1) is 19.0. The minimum atomic E-state index is -3.46. The van der Waals surface area contributed by atoms with Gasteiger partial charge in [-0.1, -0.05) is 24.3 Å². The topological polar surface area (TPSA) is 84.5 Å². The van der Waals surface area contributed by atoms with Gasteiger partial charge < -0.3 is 10.1 Å². The molecule has 2 aromatic rings. The van der Waals surface area contributed by atoms with Gasteiger partial charge in [-0.15, -0.1) is 0 Å². The maximum absolute atomic E-state index is 12.1. The van der Waals surface area contributed by atoms with Gasteiger partial charge in [-0.3, -0.25) is 4.79 Å². The Morgan fingerprint density at radius 1 is 1.16 bits per heavy atom. The lowest BCUT2D eigenvalue weighted by Crippen LogP contribution is -2.35. The van der Waals surface area contributed by atoms with Crippen molar-refractivity contribution in [2.75, 3.05) is 7.05 Å². The van der Waals surface area contributed by atoms with Crippen LogP contribution < -0.4 is 14.8 Å². The van der Waals surface area contributed by atoms with Crippen LogP contribution in [0.25, 0.3) is 0 Å². The van der Waals surface area contributed by atoms with Crippen LogP contribution in [0.5, 0.6) is 5.75 Å². The van der Waals surface area contributed by atoms with E-state index in [2.05, 4.69) is 10.0 Å². The largest absolute Gasteiger partial charge is 0.481 e. The molecule has 1 amide bonds. The van der Waals surface area contributed by atoms with Crippen molar-refractivity contribution < 1.29 is 17.9 Å². The molecule has 0 fully saturated rings. The molecule has 6 nitrogen and oxygen atoms in total. The molecule has 0 spiro atoms. The number of ether oxygens (including phenoxy) is 1. The summed E-state index contributed by atoms with van der Waals surface area (Å²) in [6.45, 7) is 3.93. The van der Waals surface area contributed by atoms with Gasteiger partial charge in [0, 0.05) is 6.54 Å². The van der Waals surface area contributed by atoms with E-state index >= 15 is 0 Å². The van der Waals surface area contributed by atoms with Crippen LogP contribution in [0.1, 0.15) is 18.1 Å². The molecule has 0 radical (unpaired) electrons. The molecule has 7 heteroatoms. The zero-order valence-corrected chi connectivity index (χ0v) is 15.3. The Kier molecular flexibility index (Phi) is 6.17. The Labute approximate surface area is 148 Å².